The van der Waals surface area contributed by atoms with Crippen molar-refractivity contribution < 1.29 is 27.4 Å². The van der Waals surface area contributed by atoms with Gasteiger partial charge >= 0.3 is 12.1 Å². The first-order valence-electron chi connectivity index (χ1n) is 5.39. The highest BCUT2D eigenvalue weighted by molar-refractivity contribution is 5.89. The number of halogens is 3. The summed E-state index contributed by atoms with van der Waals surface area (Å²) in [6.45, 7) is 1.51. The van der Waals surface area contributed by atoms with Gasteiger partial charge in [-0.25, -0.2) is 4.79 Å². The van der Waals surface area contributed by atoms with Gasteiger partial charge in [-0.2, -0.15) is 13.2 Å². The fourth-order valence-corrected chi connectivity index (χ4v) is 1.19. The van der Waals surface area contributed by atoms with Crippen LogP contribution in [0.3, 0.4) is 0 Å². The van der Waals surface area contributed by atoms with E-state index in [1.165, 1.54) is 24.3 Å². The molecule has 1 aromatic carbocycles. The number of esters is 1. The van der Waals surface area contributed by atoms with Gasteiger partial charge in [0.2, 0.25) is 0 Å². The first-order valence-corrected chi connectivity index (χ1v) is 5.39. The highest BCUT2D eigenvalue weighted by Crippen LogP contribution is 2.20. The standard InChI is InChI=1S/C12H13F3O3/c1-2-17-11(16)9-3-5-10(6-4-9)18-8-7-12(13,14)15/h3-6H,2,7-8H2,1H3. The molecule has 0 amide bonds. The Kier molecular flexibility index (Phi) is 5.00. The van der Waals surface area contributed by atoms with Gasteiger partial charge in [-0.1, -0.05) is 0 Å². The summed E-state index contributed by atoms with van der Waals surface area (Å²) >= 11 is 0. The van der Waals surface area contributed by atoms with E-state index in [-0.39, 0.29) is 12.4 Å². The van der Waals surface area contributed by atoms with Gasteiger partial charge in [0.1, 0.15) is 5.75 Å². The van der Waals surface area contributed by atoms with E-state index >= 15 is 0 Å². The number of carbonyl (C=O) groups excluding carboxylic acids is 1. The third kappa shape index (κ3) is 5.07. The Labute approximate surface area is 103 Å². The minimum Gasteiger partial charge on any atom is -0.493 e. The maximum atomic E-state index is 11.9. The molecule has 3 nitrogen and oxygen atoms in total. The molecular weight excluding hydrogens is 249 g/mol. The van der Waals surface area contributed by atoms with Crippen molar-refractivity contribution in [3.8, 4) is 5.75 Å². The average molecular weight is 262 g/mol. The van der Waals surface area contributed by atoms with Crippen LogP contribution in [0.25, 0.3) is 0 Å². The number of benzene rings is 1. The minimum atomic E-state index is -4.23. The molecule has 0 aliphatic rings. The summed E-state index contributed by atoms with van der Waals surface area (Å²) in [5, 5.41) is 0. The van der Waals surface area contributed by atoms with Crippen LogP contribution in [-0.2, 0) is 4.74 Å². The molecule has 0 bridgehead atoms. The van der Waals surface area contributed by atoms with Crippen LogP contribution in [0.5, 0.6) is 5.75 Å². The van der Waals surface area contributed by atoms with Gasteiger partial charge in [0.25, 0.3) is 0 Å². The molecule has 1 rings (SSSR count). The summed E-state index contributed by atoms with van der Waals surface area (Å²) in [6.07, 6.45) is -5.24. The van der Waals surface area contributed by atoms with E-state index in [0.29, 0.717) is 5.56 Å². The molecule has 0 fully saturated rings. The number of ether oxygens (including phenoxy) is 2. The van der Waals surface area contributed by atoms with Crippen LogP contribution in [0.2, 0.25) is 0 Å². The van der Waals surface area contributed by atoms with Crippen LogP contribution in [0.4, 0.5) is 13.2 Å². The third-order valence-electron chi connectivity index (χ3n) is 2.02. The Bertz CT molecular complexity index is 385. The van der Waals surface area contributed by atoms with E-state index in [1.54, 1.807) is 6.92 Å². The van der Waals surface area contributed by atoms with Crippen LogP contribution in [0, 0.1) is 0 Å². The molecule has 0 heterocycles. The topological polar surface area (TPSA) is 35.5 Å². The van der Waals surface area contributed by atoms with Crippen molar-refractivity contribution >= 4 is 5.97 Å². The van der Waals surface area contributed by atoms with Gasteiger partial charge in [0.15, 0.2) is 0 Å². The molecule has 100 valence electrons. The summed E-state index contributed by atoms with van der Waals surface area (Å²) in [5.74, 6) is -0.188. The second-order valence-corrected chi connectivity index (χ2v) is 3.46. The van der Waals surface area contributed by atoms with Crippen molar-refractivity contribution in [2.45, 2.75) is 19.5 Å². The summed E-state index contributed by atoms with van der Waals surface area (Å²) in [5.41, 5.74) is 0.333. The van der Waals surface area contributed by atoms with E-state index in [0.717, 1.165) is 0 Å². The molecular formula is C12H13F3O3. The van der Waals surface area contributed by atoms with Gasteiger partial charge in [0, 0.05) is 0 Å². The lowest BCUT2D eigenvalue weighted by atomic mass is 10.2. The fraction of sp³-hybridized carbons (Fsp3) is 0.417. The smallest absolute Gasteiger partial charge is 0.392 e. The number of rotatable bonds is 5. The van der Waals surface area contributed by atoms with Crippen LogP contribution in [0.15, 0.2) is 24.3 Å². The van der Waals surface area contributed by atoms with Crippen LogP contribution in [0.1, 0.15) is 23.7 Å². The molecule has 0 radical (unpaired) electrons. The van der Waals surface area contributed by atoms with Crippen molar-refractivity contribution in [2.75, 3.05) is 13.2 Å². The average Bonchev–Trinajstić information content (AvgIpc) is 2.28. The molecule has 1 aromatic rings. The third-order valence-corrected chi connectivity index (χ3v) is 2.02. The monoisotopic (exact) mass is 262 g/mol. The summed E-state index contributed by atoms with van der Waals surface area (Å²) < 4.78 is 45.3. The Morgan fingerprint density at radius 1 is 1.22 bits per heavy atom. The molecule has 0 spiro atoms. The lowest BCUT2D eigenvalue weighted by Gasteiger charge is -2.09. The molecule has 0 N–H and O–H groups in total. The number of hydrogen-bond acceptors (Lipinski definition) is 3. The van der Waals surface area contributed by atoms with Crippen molar-refractivity contribution in [1.29, 1.82) is 0 Å². The second-order valence-electron chi connectivity index (χ2n) is 3.46. The van der Waals surface area contributed by atoms with E-state index in [4.69, 9.17) is 9.47 Å². The number of alkyl halides is 3. The largest absolute Gasteiger partial charge is 0.493 e. The SMILES string of the molecule is CCOC(=O)c1ccc(OCCC(F)(F)F)cc1. The summed E-state index contributed by atoms with van der Waals surface area (Å²) in [4.78, 5) is 11.3. The Hall–Kier alpha value is -1.72. The highest BCUT2D eigenvalue weighted by atomic mass is 19.4. The lowest BCUT2D eigenvalue weighted by Crippen LogP contribution is -2.13. The predicted molar refractivity (Wildman–Crippen MR) is 58.6 cm³/mol. The molecule has 0 saturated carbocycles. The van der Waals surface area contributed by atoms with E-state index < -0.39 is 25.2 Å². The number of hydrogen-bond donors (Lipinski definition) is 0. The Morgan fingerprint density at radius 3 is 2.33 bits per heavy atom. The van der Waals surface area contributed by atoms with Gasteiger partial charge < -0.3 is 9.47 Å². The summed E-state index contributed by atoms with van der Waals surface area (Å²) in [6, 6.07) is 5.76. The van der Waals surface area contributed by atoms with Gasteiger partial charge in [-0.05, 0) is 31.2 Å². The lowest BCUT2D eigenvalue weighted by molar-refractivity contribution is -0.139. The predicted octanol–water partition coefficient (Wildman–Crippen LogP) is 3.19. The molecule has 6 heteroatoms. The Balaban J connectivity index is 2.48. The maximum absolute atomic E-state index is 11.9. The molecule has 0 aromatic heterocycles. The van der Waals surface area contributed by atoms with Gasteiger partial charge in [0.05, 0.1) is 25.2 Å². The van der Waals surface area contributed by atoms with Crippen molar-refractivity contribution in [2.24, 2.45) is 0 Å². The zero-order valence-electron chi connectivity index (χ0n) is 9.79. The molecule has 0 unspecified atom stereocenters. The summed E-state index contributed by atoms with van der Waals surface area (Å²) in [7, 11) is 0. The number of carbonyl (C=O) groups is 1. The highest BCUT2D eigenvalue weighted by Gasteiger charge is 2.26. The molecule has 0 aliphatic carbocycles. The van der Waals surface area contributed by atoms with Gasteiger partial charge in [-0.15, -0.1) is 0 Å². The second kappa shape index (κ2) is 6.28. The van der Waals surface area contributed by atoms with Gasteiger partial charge in [-0.3, -0.25) is 0 Å². The molecule has 0 saturated heterocycles. The van der Waals surface area contributed by atoms with Crippen LogP contribution in [-0.4, -0.2) is 25.4 Å². The molecule has 0 aliphatic heterocycles. The minimum absolute atomic E-state index is 0.267. The fourth-order valence-electron chi connectivity index (χ4n) is 1.19. The van der Waals surface area contributed by atoms with E-state index in [1.807, 2.05) is 0 Å². The molecule has 18 heavy (non-hydrogen) atoms. The van der Waals surface area contributed by atoms with Crippen LogP contribution < -0.4 is 4.74 Å². The van der Waals surface area contributed by atoms with Crippen molar-refractivity contribution in [1.82, 2.24) is 0 Å². The maximum Gasteiger partial charge on any atom is 0.392 e. The van der Waals surface area contributed by atoms with Crippen molar-refractivity contribution in [3.63, 3.8) is 0 Å². The van der Waals surface area contributed by atoms with Crippen molar-refractivity contribution in [3.05, 3.63) is 29.8 Å². The first kappa shape index (κ1) is 14.3. The van der Waals surface area contributed by atoms with E-state index in [2.05, 4.69) is 0 Å². The zero-order chi connectivity index (χ0) is 13.6. The molecule has 0 atom stereocenters. The quantitative estimate of drug-likeness (QED) is 0.764. The zero-order valence-corrected chi connectivity index (χ0v) is 9.79. The van der Waals surface area contributed by atoms with E-state index in [9.17, 15) is 18.0 Å². The first-order chi connectivity index (χ1) is 8.42. The normalized spacial score (nSPS) is 11.1. The van der Waals surface area contributed by atoms with Crippen LogP contribution >= 0.6 is 0 Å². The Morgan fingerprint density at radius 2 is 1.83 bits per heavy atom.